The number of halogens is 1. The van der Waals surface area contributed by atoms with Crippen molar-refractivity contribution in [2.45, 2.75) is 24.8 Å². The van der Waals surface area contributed by atoms with Gasteiger partial charge in [0.25, 0.3) is 0 Å². The van der Waals surface area contributed by atoms with E-state index in [0.717, 1.165) is 8.78 Å². The molecular weight excluding hydrogens is 320 g/mol. The molecule has 0 aliphatic rings. The molecule has 0 saturated heterocycles. The van der Waals surface area contributed by atoms with Crippen LogP contribution in [0.2, 0.25) is 0 Å². The minimum absolute atomic E-state index is 0.139. The normalized spacial score (nSPS) is 12.1. The highest BCUT2D eigenvalue weighted by Gasteiger charge is 2.28. The average Bonchev–Trinajstić information content (AvgIpc) is 2.25. The van der Waals surface area contributed by atoms with Gasteiger partial charge in [-0.3, -0.25) is 4.79 Å². The first-order valence-corrected chi connectivity index (χ1v) is 7.54. The number of amides is 1. The van der Waals surface area contributed by atoms with Crippen molar-refractivity contribution >= 4 is 31.9 Å². The largest absolute Gasteiger partial charge is 0.369 e. The van der Waals surface area contributed by atoms with Crippen LogP contribution in [0.5, 0.6) is 0 Å². The summed E-state index contributed by atoms with van der Waals surface area (Å²) in [5, 5.41) is 0. The lowest BCUT2D eigenvalue weighted by molar-refractivity contribution is -0.118. The van der Waals surface area contributed by atoms with Gasteiger partial charge in [0, 0.05) is 10.5 Å². The van der Waals surface area contributed by atoms with Crippen LogP contribution in [0.4, 0.5) is 0 Å². The van der Waals surface area contributed by atoms with E-state index in [-0.39, 0.29) is 17.5 Å². The lowest BCUT2D eigenvalue weighted by Gasteiger charge is -2.24. The molecule has 0 radical (unpaired) electrons. The Morgan fingerprint density at radius 3 is 2.22 bits per heavy atom. The second-order valence-corrected chi connectivity index (χ2v) is 6.87. The number of nitrogens with zero attached hydrogens (tertiary/aromatic N) is 1. The van der Waals surface area contributed by atoms with E-state index in [9.17, 15) is 13.2 Å². The van der Waals surface area contributed by atoms with E-state index in [1.54, 1.807) is 26.0 Å². The molecule has 7 heteroatoms. The second-order valence-electron chi connectivity index (χ2n) is 4.06. The highest BCUT2D eigenvalue weighted by Crippen LogP contribution is 2.20. The highest BCUT2D eigenvalue weighted by molar-refractivity contribution is 9.10. The Balaban J connectivity index is 3.16. The standard InChI is InChI=1S/C11H15BrN2O3S/c1-8(2)14(7-11(13)15)18(16,17)10-5-3-9(12)4-6-10/h3-6,8H,7H2,1-2H3,(H2,13,15). The summed E-state index contributed by atoms with van der Waals surface area (Å²) in [6.07, 6.45) is 0. The minimum Gasteiger partial charge on any atom is -0.369 e. The van der Waals surface area contributed by atoms with Gasteiger partial charge in [-0.05, 0) is 38.1 Å². The molecule has 0 fully saturated rings. The van der Waals surface area contributed by atoms with Gasteiger partial charge in [-0.1, -0.05) is 15.9 Å². The van der Waals surface area contributed by atoms with E-state index in [0.29, 0.717) is 0 Å². The Morgan fingerprint density at radius 2 is 1.83 bits per heavy atom. The van der Waals surface area contributed by atoms with E-state index in [4.69, 9.17) is 5.73 Å². The molecule has 0 aromatic heterocycles. The maximum Gasteiger partial charge on any atom is 0.243 e. The van der Waals surface area contributed by atoms with Gasteiger partial charge < -0.3 is 5.73 Å². The number of hydrogen-bond donors (Lipinski definition) is 1. The molecule has 0 atom stereocenters. The fourth-order valence-corrected chi connectivity index (χ4v) is 3.31. The zero-order valence-electron chi connectivity index (χ0n) is 10.1. The van der Waals surface area contributed by atoms with Crippen LogP contribution in [0.15, 0.2) is 33.6 Å². The second kappa shape index (κ2) is 5.81. The van der Waals surface area contributed by atoms with Crippen molar-refractivity contribution in [1.82, 2.24) is 4.31 Å². The van der Waals surface area contributed by atoms with E-state index in [1.807, 2.05) is 0 Å². The van der Waals surface area contributed by atoms with Gasteiger partial charge in [-0.15, -0.1) is 0 Å². The average molecular weight is 335 g/mol. The summed E-state index contributed by atoms with van der Waals surface area (Å²) >= 11 is 3.24. The quantitative estimate of drug-likeness (QED) is 0.882. The van der Waals surface area contributed by atoms with Crippen molar-refractivity contribution in [1.29, 1.82) is 0 Å². The van der Waals surface area contributed by atoms with E-state index >= 15 is 0 Å². The number of carbonyl (C=O) groups excluding carboxylic acids is 1. The number of rotatable bonds is 5. The molecule has 0 saturated carbocycles. The predicted octanol–water partition coefficient (Wildman–Crippen LogP) is 1.33. The highest BCUT2D eigenvalue weighted by atomic mass is 79.9. The molecule has 0 aliphatic carbocycles. The Labute approximate surface area is 115 Å². The van der Waals surface area contributed by atoms with Crippen LogP contribution in [0.25, 0.3) is 0 Å². The first kappa shape index (κ1) is 15.1. The van der Waals surface area contributed by atoms with Crippen LogP contribution in [0, 0.1) is 0 Å². The van der Waals surface area contributed by atoms with Crippen LogP contribution >= 0.6 is 15.9 Å². The Bertz CT molecular complexity index is 526. The van der Waals surface area contributed by atoms with Crippen LogP contribution < -0.4 is 5.73 Å². The zero-order chi connectivity index (χ0) is 13.9. The summed E-state index contributed by atoms with van der Waals surface area (Å²) in [4.78, 5) is 11.1. The van der Waals surface area contributed by atoms with Crippen molar-refractivity contribution in [3.8, 4) is 0 Å². The third-order valence-electron chi connectivity index (χ3n) is 2.31. The Morgan fingerprint density at radius 1 is 1.33 bits per heavy atom. The topological polar surface area (TPSA) is 80.5 Å². The molecule has 0 unspecified atom stereocenters. The molecule has 2 N–H and O–H groups in total. The lowest BCUT2D eigenvalue weighted by Crippen LogP contribution is -2.42. The fourth-order valence-electron chi connectivity index (χ4n) is 1.44. The summed E-state index contributed by atoms with van der Waals surface area (Å²) in [7, 11) is -3.70. The number of carbonyl (C=O) groups is 1. The summed E-state index contributed by atoms with van der Waals surface area (Å²) < 4.78 is 26.5. The summed E-state index contributed by atoms with van der Waals surface area (Å²) in [5.41, 5.74) is 5.08. The fraction of sp³-hybridized carbons (Fsp3) is 0.364. The molecule has 0 spiro atoms. The van der Waals surface area contributed by atoms with E-state index in [1.165, 1.54) is 12.1 Å². The zero-order valence-corrected chi connectivity index (χ0v) is 12.5. The van der Waals surface area contributed by atoms with Crippen molar-refractivity contribution in [2.75, 3.05) is 6.54 Å². The molecule has 0 aliphatic heterocycles. The first-order chi connectivity index (χ1) is 8.25. The number of sulfonamides is 1. The monoisotopic (exact) mass is 334 g/mol. The van der Waals surface area contributed by atoms with E-state index in [2.05, 4.69) is 15.9 Å². The van der Waals surface area contributed by atoms with Gasteiger partial charge in [0.15, 0.2) is 0 Å². The third-order valence-corrected chi connectivity index (χ3v) is 4.87. The molecule has 18 heavy (non-hydrogen) atoms. The Kier molecular flexibility index (Phi) is 4.89. The smallest absolute Gasteiger partial charge is 0.243 e. The van der Waals surface area contributed by atoms with Crippen molar-refractivity contribution in [3.05, 3.63) is 28.7 Å². The van der Waals surface area contributed by atoms with Gasteiger partial charge in [0.05, 0.1) is 11.4 Å². The molecule has 5 nitrogen and oxygen atoms in total. The van der Waals surface area contributed by atoms with Crippen molar-refractivity contribution < 1.29 is 13.2 Å². The number of nitrogens with two attached hydrogens (primary N) is 1. The molecule has 1 amide bonds. The first-order valence-electron chi connectivity index (χ1n) is 5.31. The molecule has 100 valence electrons. The van der Waals surface area contributed by atoms with Gasteiger partial charge in [0.1, 0.15) is 0 Å². The molecule has 0 heterocycles. The summed E-state index contributed by atoms with van der Waals surface area (Å²) in [6.45, 7) is 3.06. The Hall–Kier alpha value is -0.920. The number of primary amides is 1. The van der Waals surface area contributed by atoms with Gasteiger partial charge in [-0.25, -0.2) is 8.42 Å². The maximum atomic E-state index is 12.3. The van der Waals surface area contributed by atoms with E-state index < -0.39 is 15.9 Å². The van der Waals surface area contributed by atoms with Gasteiger partial charge in [0.2, 0.25) is 15.9 Å². The molecular formula is C11H15BrN2O3S. The van der Waals surface area contributed by atoms with Crippen LogP contribution in [0.3, 0.4) is 0 Å². The third kappa shape index (κ3) is 3.54. The predicted molar refractivity (Wildman–Crippen MR) is 72.4 cm³/mol. The summed E-state index contributed by atoms with van der Waals surface area (Å²) in [5.74, 6) is -0.676. The molecule has 1 aromatic carbocycles. The van der Waals surface area contributed by atoms with Crippen LogP contribution in [-0.4, -0.2) is 31.2 Å². The maximum absolute atomic E-state index is 12.3. The van der Waals surface area contributed by atoms with Crippen molar-refractivity contribution in [2.24, 2.45) is 5.73 Å². The van der Waals surface area contributed by atoms with Gasteiger partial charge in [-0.2, -0.15) is 4.31 Å². The van der Waals surface area contributed by atoms with Crippen LogP contribution in [0.1, 0.15) is 13.8 Å². The SMILES string of the molecule is CC(C)N(CC(N)=O)S(=O)(=O)c1ccc(Br)cc1. The number of benzene rings is 1. The molecule has 1 rings (SSSR count). The molecule has 1 aromatic rings. The summed E-state index contributed by atoms with van der Waals surface area (Å²) in [6, 6.07) is 5.89. The van der Waals surface area contributed by atoms with Crippen LogP contribution in [-0.2, 0) is 14.8 Å². The van der Waals surface area contributed by atoms with Gasteiger partial charge >= 0.3 is 0 Å². The molecule has 0 bridgehead atoms. The van der Waals surface area contributed by atoms with Crippen molar-refractivity contribution in [3.63, 3.8) is 0 Å². The minimum atomic E-state index is -3.70. The number of hydrogen-bond acceptors (Lipinski definition) is 3. The lowest BCUT2D eigenvalue weighted by atomic mass is 10.4.